The van der Waals surface area contributed by atoms with Gasteiger partial charge in [-0.15, -0.1) is 0 Å². The molecule has 3 nitrogen and oxygen atoms in total. The standard InChI is InChI=1S/C14H11NO2/c1-3-7-10(4-2)15-13(16)11-8-5-6-9-12(11)14(15)17/h3-9H,1-2H2/b10-7+. The molecule has 2 rings (SSSR count). The molecule has 0 aliphatic carbocycles. The molecule has 2 amide bonds. The number of rotatable bonds is 3. The van der Waals surface area contributed by atoms with Gasteiger partial charge in [-0.2, -0.15) is 0 Å². The lowest BCUT2D eigenvalue weighted by atomic mass is 10.1. The van der Waals surface area contributed by atoms with Crippen molar-refractivity contribution in [3.05, 3.63) is 72.5 Å². The average Bonchev–Trinajstić information content (AvgIpc) is 2.61. The van der Waals surface area contributed by atoms with E-state index < -0.39 is 0 Å². The van der Waals surface area contributed by atoms with Crippen LogP contribution < -0.4 is 0 Å². The highest BCUT2D eigenvalue weighted by atomic mass is 16.2. The minimum absolute atomic E-state index is 0.321. The molecular weight excluding hydrogens is 214 g/mol. The summed E-state index contributed by atoms with van der Waals surface area (Å²) in [7, 11) is 0. The number of nitrogens with zero attached hydrogens (tertiary/aromatic N) is 1. The largest absolute Gasteiger partial charge is 0.268 e. The number of carbonyl (C=O) groups is 2. The molecule has 0 atom stereocenters. The van der Waals surface area contributed by atoms with Crippen molar-refractivity contribution < 1.29 is 9.59 Å². The zero-order valence-corrected chi connectivity index (χ0v) is 9.22. The van der Waals surface area contributed by atoms with Gasteiger partial charge in [0, 0.05) is 0 Å². The Morgan fingerprint density at radius 1 is 1.06 bits per heavy atom. The van der Waals surface area contributed by atoms with Crippen LogP contribution >= 0.6 is 0 Å². The maximum absolute atomic E-state index is 12.1. The predicted octanol–water partition coefficient (Wildman–Crippen LogP) is 2.54. The molecule has 0 aromatic heterocycles. The molecule has 0 radical (unpaired) electrons. The van der Waals surface area contributed by atoms with Gasteiger partial charge in [-0.3, -0.25) is 9.59 Å². The van der Waals surface area contributed by atoms with Crippen molar-refractivity contribution >= 4 is 11.8 Å². The summed E-state index contributed by atoms with van der Waals surface area (Å²) in [6.07, 6.45) is 4.55. The molecular formula is C14H11NO2. The second-order valence-corrected chi connectivity index (χ2v) is 3.52. The second-order valence-electron chi connectivity index (χ2n) is 3.52. The van der Waals surface area contributed by atoms with E-state index in [-0.39, 0.29) is 11.8 Å². The van der Waals surface area contributed by atoms with Crippen LogP contribution in [-0.4, -0.2) is 16.7 Å². The summed E-state index contributed by atoms with van der Waals surface area (Å²) < 4.78 is 0. The monoisotopic (exact) mass is 225 g/mol. The summed E-state index contributed by atoms with van der Waals surface area (Å²) in [5.74, 6) is -0.641. The molecule has 1 aromatic carbocycles. The highest BCUT2D eigenvalue weighted by Crippen LogP contribution is 2.26. The Hall–Kier alpha value is -2.42. The maximum Gasteiger partial charge on any atom is 0.266 e. The van der Waals surface area contributed by atoms with Crippen LogP contribution in [0.2, 0.25) is 0 Å². The summed E-state index contributed by atoms with van der Waals surface area (Å²) in [4.78, 5) is 25.2. The van der Waals surface area contributed by atoms with Crippen LogP contribution in [0.5, 0.6) is 0 Å². The number of hydrogen-bond donors (Lipinski definition) is 0. The van der Waals surface area contributed by atoms with Crippen molar-refractivity contribution in [3.63, 3.8) is 0 Å². The number of amides is 2. The maximum atomic E-state index is 12.1. The highest BCUT2D eigenvalue weighted by Gasteiger charge is 2.36. The van der Waals surface area contributed by atoms with E-state index in [1.807, 2.05) is 0 Å². The molecule has 1 aliphatic heterocycles. The Morgan fingerprint density at radius 2 is 1.59 bits per heavy atom. The first-order valence-corrected chi connectivity index (χ1v) is 5.13. The third-order valence-electron chi connectivity index (χ3n) is 2.55. The van der Waals surface area contributed by atoms with E-state index in [2.05, 4.69) is 13.2 Å². The van der Waals surface area contributed by atoms with Gasteiger partial charge in [0.15, 0.2) is 0 Å². The van der Waals surface area contributed by atoms with Crippen molar-refractivity contribution in [1.29, 1.82) is 0 Å². The molecule has 0 saturated heterocycles. The van der Waals surface area contributed by atoms with Gasteiger partial charge in [-0.05, 0) is 24.3 Å². The Bertz CT molecular complexity index is 520. The van der Waals surface area contributed by atoms with E-state index in [1.165, 1.54) is 12.2 Å². The molecule has 84 valence electrons. The number of benzene rings is 1. The lowest BCUT2D eigenvalue weighted by Gasteiger charge is -2.14. The molecule has 0 unspecified atom stereocenters. The first kappa shape index (κ1) is 11.1. The van der Waals surface area contributed by atoms with E-state index in [9.17, 15) is 9.59 Å². The van der Waals surface area contributed by atoms with E-state index >= 15 is 0 Å². The topological polar surface area (TPSA) is 37.4 Å². The fraction of sp³-hybridized carbons (Fsp3) is 0. The number of fused-ring (bicyclic) bond motifs is 1. The van der Waals surface area contributed by atoms with E-state index in [1.54, 1.807) is 30.3 Å². The minimum Gasteiger partial charge on any atom is -0.268 e. The summed E-state index contributed by atoms with van der Waals surface area (Å²) in [5, 5.41) is 0. The molecule has 0 bridgehead atoms. The first-order valence-electron chi connectivity index (χ1n) is 5.13. The summed E-state index contributed by atoms with van der Waals surface area (Å²) in [6.45, 7) is 7.14. The molecule has 1 aliphatic rings. The van der Waals surface area contributed by atoms with E-state index in [0.29, 0.717) is 16.8 Å². The van der Waals surface area contributed by atoms with Crippen LogP contribution in [0, 0.1) is 0 Å². The average molecular weight is 225 g/mol. The Morgan fingerprint density at radius 3 is 2.00 bits per heavy atom. The van der Waals surface area contributed by atoms with Gasteiger partial charge in [-0.1, -0.05) is 31.4 Å². The van der Waals surface area contributed by atoms with Crippen molar-refractivity contribution in [2.24, 2.45) is 0 Å². The van der Waals surface area contributed by atoms with E-state index in [0.717, 1.165) is 4.90 Å². The highest BCUT2D eigenvalue weighted by molar-refractivity contribution is 6.22. The molecule has 1 heterocycles. The van der Waals surface area contributed by atoms with Gasteiger partial charge >= 0.3 is 0 Å². The van der Waals surface area contributed by atoms with Crippen molar-refractivity contribution in [2.45, 2.75) is 0 Å². The first-order chi connectivity index (χ1) is 8.20. The Labute approximate surface area is 99.4 Å². The lowest BCUT2D eigenvalue weighted by Crippen LogP contribution is -2.28. The molecule has 3 heteroatoms. The third-order valence-corrected chi connectivity index (χ3v) is 2.55. The Kier molecular flexibility index (Phi) is 2.75. The van der Waals surface area contributed by atoms with Crippen LogP contribution in [0.4, 0.5) is 0 Å². The Balaban J connectivity index is 2.53. The van der Waals surface area contributed by atoms with E-state index in [4.69, 9.17) is 0 Å². The lowest BCUT2D eigenvalue weighted by molar-refractivity contribution is 0.0709. The van der Waals surface area contributed by atoms with Crippen LogP contribution in [0.1, 0.15) is 20.7 Å². The molecule has 17 heavy (non-hydrogen) atoms. The van der Waals surface area contributed by atoms with Gasteiger partial charge in [0.05, 0.1) is 16.8 Å². The number of imide groups is 1. The van der Waals surface area contributed by atoms with Gasteiger partial charge in [0.2, 0.25) is 0 Å². The smallest absolute Gasteiger partial charge is 0.266 e. The molecule has 0 saturated carbocycles. The second kappa shape index (κ2) is 4.22. The number of hydrogen-bond acceptors (Lipinski definition) is 2. The third kappa shape index (κ3) is 1.61. The molecule has 1 aromatic rings. The van der Waals surface area contributed by atoms with Crippen LogP contribution in [0.3, 0.4) is 0 Å². The minimum atomic E-state index is -0.321. The fourth-order valence-electron chi connectivity index (χ4n) is 1.78. The fourth-order valence-corrected chi connectivity index (χ4v) is 1.78. The van der Waals surface area contributed by atoms with Gasteiger partial charge in [0.25, 0.3) is 11.8 Å². The molecule has 0 spiro atoms. The normalized spacial score (nSPS) is 14.8. The zero-order chi connectivity index (χ0) is 12.4. The number of carbonyl (C=O) groups excluding carboxylic acids is 2. The quantitative estimate of drug-likeness (QED) is 0.585. The number of allylic oxidation sites excluding steroid dienone is 3. The van der Waals surface area contributed by atoms with Gasteiger partial charge in [0.1, 0.15) is 0 Å². The van der Waals surface area contributed by atoms with Crippen LogP contribution in [0.15, 0.2) is 61.3 Å². The molecule has 0 N–H and O–H groups in total. The van der Waals surface area contributed by atoms with Crippen LogP contribution in [0.25, 0.3) is 0 Å². The van der Waals surface area contributed by atoms with Gasteiger partial charge in [-0.25, -0.2) is 4.90 Å². The summed E-state index contributed by atoms with van der Waals surface area (Å²) in [6, 6.07) is 6.75. The van der Waals surface area contributed by atoms with Crippen LogP contribution in [-0.2, 0) is 0 Å². The predicted molar refractivity (Wildman–Crippen MR) is 65.4 cm³/mol. The zero-order valence-electron chi connectivity index (χ0n) is 9.22. The van der Waals surface area contributed by atoms with Crippen molar-refractivity contribution in [3.8, 4) is 0 Å². The van der Waals surface area contributed by atoms with Gasteiger partial charge < -0.3 is 0 Å². The SMILES string of the molecule is C=C/C=C(\C=C)N1C(=O)c2ccccc2C1=O. The summed E-state index contributed by atoms with van der Waals surface area (Å²) in [5.41, 5.74) is 1.29. The van der Waals surface area contributed by atoms with Crippen molar-refractivity contribution in [2.75, 3.05) is 0 Å². The van der Waals surface area contributed by atoms with Crippen molar-refractivity contribution in [1.82, 2.24) is 4.90 Å². The summed E-state index contributed by atoms with van der Waals surface area (Å²) >= 11 is 0. The molecule has 0 fully saturated rings.